The molecule has 1 saturated heterocycles. The van der Waals surface area contributed by atoms with E-state index in [0.717, 1.165) is 45.1 Å². The second-order valence-electron chi connectivity index (χ2n) is 8.34. The minimum atomic E-state index is -3.88. The molecule has 3 fully saturated rings. The molecule has 2 saturated carbocycles. The molecule has 1 N–H and O–H groups in total. The zero-order valence-corrected chi connectivity index (χ0v) is 16.0. The molecule has 3 atom stereocenters. The lowest BCUT2D eigenvalue weighted by molar-refractivity contribution is -0.240. The van der Waals surface area contributed by atoms with Crippen molar-refractivity contribution in [1.29, 1.82) is 0 Å². The monoisotopic (exact) mass is 376 g/mol. The van der Waals surface area contributed by atoms with Crippen LogP contribution in [-0.4, -0.2) is 49.9 Å². The molecule has 3 unspecified atom stereocenters. The average Bonchev–Trinajstić information content (AvgIpc) is 2.50. The van der Waals surface area contributed by atoms with Gasteiger partial charge in [0.1, 0.15) is 0 Å². The molecular weight excluding hydrogens is 344 g/mol. The molecule has 0 aromatic carbocycles. The molecule has 3 aliphatic rings. The van der Waals surface area contributed by atoms with E-state index >= 15 is 0 Å². The van der Waals surface area contributed by atoms with Gasteiger partial charge in [0.2, 0.25) is 0 Å². The van der Waals surface area contributed by atoms with Crippen molar-refractivity contribution in [3.8, 4) is 0 Å². The van der Waals surface area contributed by atoms with E-state index in [2.05, 4.69) is 6.92 Å². The second-order valence-corrected chi connectivity index (χ2v) is 9.92. The molecule has 0 spiro atoms. The fourth-order valence-electron chi connectivity index (χ4n) is 4.99. The van der Waals surface area contributed by atoms with Gasteiger partial charge in [0, 0.05) is 13.2 Å². The van der Waals surface area contributed by atoms with Crippen molar-refractivity contribution >= 4 is 10.1 Å². The molecule has 3 rings (SSSR count). The summed E-state index contributed by atoms with van der Waals surface area (Å²) in [4.78, 5) is 0. The van der Waals surface area contributed by atoms with Gasteiger partial charge in [-0.25, -0.2) is 0 Å². The predicted octanol–water partition coefficient (Wildman–Crippen LogP) is 3.16. The van der Waals surface area contributed by atoms with Gasteiger partial charge in [-0.3, -0.25) is 4.55 Å². The summed E-state index contributed by atoms with van der Waals surface area (Å²) in [6, 6.07) is 0. The van der Waals surface area contributed by atoms with E-state index in [4.69, 9.17) is 18.8 Å². The maximum absolute atomic E-state index is 10.8. The van der Waals surface area contributed by atoms with Crippen LogP contribution in [0.3, 0.4) is 0 Å². The van der Waals surface area contributed by atoms with Crippen LogP contribution in [-0.2, 0) is 24.3 Å². The third kappa shape index (κ3) is 6.17. The Morgan fingerprint density at radius 3 is 2.48 bits per heavy atom. The van der Waals surface area contributed by atoms with Gasteiger partial charge in [-0.2, -0.15) is 8.42 Å². The molecule has 2 aliphatic carbocycles. The summed E-state index contributed by atoms with van der Waals surface area (Å²) in [7, 11) is -3.88. The third-order valence-electron chi connectivity index (χ3n) is 5.75. The highest BCUT2D eigenvalue weighted by Crippen LogP contribution is 2.47. The summed E-state index contributed by atoms with van der Waals surface area (Å²) in [5.41, 5.74) is -0.0917. The standard InChI is InChI=1S/C18H32O6S/c1-18(24-17-5-2-3-6-23-17)12-14-9-15(13-18)11-16(10-14)22-7-4-8-25(19,20)21/h14-17H,2-13H2,1H3,(H,19,20,21). The number of fused-ring (bicyclic) bond motifs is 2. The van der Waals surface area contributed by atoms with Crippen molar-refractivity contribution in [3.63, 3.8) is 0 Å². The van der Waals surface area contributed by atoms with Crippen molar-refractivity contribution in [2.45, 2.75) is 82.7 Å². The first kappa shape index (κ1) is 19.5. The van der Waals surface area contributed by atoms with Crippen molar-refractivity contribution in [2.75, 3.05) is 19.0 Å². The quantitative estimate of drug-likeness (QED) is 0.543. The van der Waals surface area contributed by atoms with E-state index in [9.17, 15) is 8.42 Å². The average molecular weight is 377 g/mol. The molecule has 1 aliphatic heterocycles. The van der Waals surface area contributed by atoms with Crippen LogP contribution in [0.1, 0.15) is 64.7 Å². The molecule has 25 heavy (non-hydrogen) atoms. The highest BCUT2D eigenvalue weighted by atomic mass is 32.2. The van der Waals surface area contributed by atoms with Gasteiger partial charge < -0.3 is 14.2 Å². The van der Waals surface area contributed by atoms with Crippen LogP contribution in [0, 0.1) is 11.8 Å². The van der Waals surface area contributed by atoms with Gasteiger partial charge in [0.15, 0.2) is 6.29 Å². The smallest absolute Gasteiger partial charge is 0.264 e. The molecular formula is C18H32O6S. The predicted molar refractivity (Wildman–Crippen MR) is 93.9 cm³/mol. The van der Waals surface area contributed by atoms with Crippen LogP contribution in [0.2, 0.25) is 0 Å². The second kappa shape index (κ2) is 8.21. The first-order valence-corrected chi connectivity index (χ1v) is 11.3. The SMILES string of the molecule is CC1(OC2CCCCO2)CC2CC(CC(OCCCS(=O)(=O)O)C2)C1. The molecule has 0 radical (unpaired) electrons. The highest BCUT2D eigenvalue weighted by molar-refractivity contribution is 7.85. The summed E-state index contributed by atoms with van der Waals surface area (Å²) >= 11 is 0. The van der Waals surface area contributed by atoms with Crippen molar-refractivity contribution in [1.82, 2.24) is 0 Å². The molecule has 1 heterocycles. The first-order valence-electron chi connectivity index (χ1n) is 9.67. The van der Waals surface area contributed by atoms with Gasteiger partial charge in [0.25, 0.3) is 10.1 Å². The molecule has 0 aromatic rings. The molecule has 7 heteroatoms. The zero-order chi connectivity index (χ0) is 17.9. The maximum atomic E-state index is 10.8. The van der Waals surface area contributed by atoms with E-state index in [1.807, 2.05) is 0 Å². The Morgan fingerprint density at radius 1 is 1.16 bits per heavy atom. The summed E-state index contributed by atoms with van der Waals surface area (Å²) in [5, 5.41) is 0. The van der Waals surface area contributed by atoms with Crippen molar-refractivity contribution < 1.29 is 27.2 Å². The Bertz CT molecular complexity index is 514. The summed E-state index contributed by atoms with van der Waals surface area (Å²) in [6.45, 7) is 3.44. The highest BCUT2D eigenvalue weighted by Gasteiger charge is 2.44. The lowest BCUT2D eigenvalue weighted by Gasteiger charge is -2.48. The molecule has 0 aromatic heterocycles. The third-order valence-corrected chi connectivity index (χ3v) is 6.56. The van der Waals surface area contributed by atoms with Crippen LogP contribution >= 0.6 is 0 Å². The Hall–Kier alpha value is -0.210. The molecule has 2 bridgehead atoms. The van der Waals surface area contributed by atoms with E-state index in [-0.39, 0.29) is 23.7 Å². The van der Waals surface area contributed by atoms with Gasteiger partial charge in [-0.05, 0) is 76.5 Å². The summed E-state index contributed by atoms with van der Waals surface area (Å²) < 4.78 is 48.3. The minimum Gasteiger partial charge on any atom is -0.378 e. The normalized spacial score (nSPS) is 39.3. The summed E-state index contributed by atoms with van der Waals surface area (Å²) in [6.07, 6.45) is 9.24. The van der Waals surface area contributed by atoms with E-state index < -0.39 is 10.1 Å². The number of hydrogen-bond donors (Lipinski definition) is 1. The Kier molecular flexibility index (Phi) is 6.42. The van der Waals surface area contributed by atoms with Gasteiger partial charge >= 0.3 is 0 Å². The van der Waals surface area contributed by atoms with E-state index in [1.54, 1.807) is 0 Å². The Balaban J connectivity index is 1.44. The maximum Gasteiger partial charge on any atom is 0.264 e. The first-order chi connectivity index (χ1) is 11.8. The lowest BCUT2D eigenvalue weighted by atomic mass is 9.65. The van der Waals surface area contributed by atoms with Crippen molar-refractivity contribution in [2.24, 2.45) is 11.8 Å². The fraction of sp³-hybridized carbons (Fsp3) is 1.00. The van der Waals surface area contributed by atoms with Gasteiger partial charge in [-0.15, -0.1) is 0 Å². The molecule has 0 amide bonds. The number of ether oxygens (including phenoxy) is 3. The van der Waals surface area contributed by atoms with Gasteiger partial charge in [-0.1, -0.05) is 0 Å². The van der Waals surface area contributed by atoms with Crippen LogP contribution in [0.25, 0.3) is 0 Å². The van der Waals surface area contributed by atoms with Crippen LogP contribution in [0.4, 0.5) is 0 Å². The number of rotatable bonds is 7. The van der Waals surface area contributed by atoms with Crippen molar-refractivity contribution in [3.05, 3.63) is 0 Å². The van der Waals surface area contributed by atoms with Crippen LogP contribution in [0.5, 0.6) is 0 Å². The van der Waals surface area contributed by atoms with Gasteiger partial charge in [0.05, 0.1) is 17.5 Å². The topological polar surface area (TPSA) is 82.1 Å². The molecule has 146 valence electrons. The minimum absolute atomic E-state index is 0.0370. The van der Waals surface area contributed by atoms with Crippen LogP contribution in [0.15, 0.2) is 0 Å². The van der Waals surface area contributed by atoms with Crippen LogP contribution < -0.4 is 0 Å². The zero-order valence-electron chi connectivity index (χ0n) is 15.2. The van der Waals surface area contributed by atoms with E-state index in [0.29, 0.717) is 24.9 Å². The lowest BCUT2D eigenvalue weighted by Crippen LogP contribution is -2.46. The number of hydrogen-bond acceptors (Lipinski definition) is 5. The Morgan fingerprint density at radius 2 is 1.88 bits per heavy atom. The fourth-order valence-corrected chi connectivity index (χ4v) is 5.47. The summed E-state index contributed by atoms with van der Waals surface area (Å²) in [5.74, 6) is 0.986. The molecule has 6 nitrogen and oxygen atoms in total. The van der Waals surface area contributed by atoms with E-state index in [1.165, 1.54) is 12.8 Å². The Labute approximate surface area is 151 Å². The largest absolute Gasteiger partial charge is 0.378 e.